The molecule has 1 unspecified atom stereocenters. The van der Waals surface area contributed by atoms with Crippen LogP contribution < -0.4 is 0 Å². The van der Waals surface area contributed by atoms with Crippen LogP contribution in [0.4, 0.5) is 0 Å². The summed E-state index contributed by atoms with van der Waals surface area (Å²) in [6.45, 7) is 4.00. The van der Waals surface area contributed by atoms with Crippen molar-refractivity contribution in [1.82, 2.24) is 9.88 Å². The van der Waals surface area contributed by atoms with E-state index in [9.17, 15) is 14.7 Å². The molecular formula is C23H22N2O5S. The number of Topliss-reactive ketones (excluding diaryl/α,β-unsaturated/α-hetero) is 1. The lowest BCUT2D eigenvalue weighted by Crippen LogP contribution is -2.33. The summed E-state index contributed by atoms with van der Waals surface area (Å²) in [5.41, 5.74) is 1.45. The van der Waals surface area contributed by atoms with Crippen LogP contribution in [-0.4, -0.2) is 46.9 Å². The summed E-state index contributed by atoms with van der Waals surface area (Å²) >= 11 is 1.24. The number of hydrogen-bond acceptors (Lipinski definition) is 7. The van der Waals surface area contributed by atoms with Gasteiger partial charge in [0, 0.05) is 19.2 Å². The lowest BCUT2D eigenvalue weighted by atomic mass is 9.99. The normalized spacial score (nSPS) is 16.4. The number of thiazole rings is 1. The van der Waals surface area contributed by atoms with Gasteiger partial charge in [-0.2, -0.15) is 0 Å². The van der Waals surface area contributed by atoms with Gasteiger partial charge in [0.15, 0.2) is 5.76 Å². The third kappa shape index (κ3) is 3.80. The van der Waals surface area contributed by atoms with Gasteiger partial charge in [-0.15, -0.1) is 11.3 Å². The van der Waals surface area contributed by atoms with E-state index in [1.165, 1.54) is 23.3 Å². The molecule has 1 aliphatic rings. The topological polar surface area (TPSA) is 92.9 Å². The van der Waals surface area contributed by atoms with E-state index >= 15 is 0 Å². The van der Waals surface area contributed by atoms with Crippen LogP contribution in [-0.2, 0) is 9.53 Å². The summed E-state index contributed by atoms with van der Waals surface area (Å²) in [4.78, 5) is 32.7. The number of aliphatic hydroxyl groups is 1. The first-order valence-electron chi connectivity index (χ1n) is 9.79. The lowest BCUT2D eigenvalue weighted by molar-refractivity contribution is -0.130. The zero-order valence-electron chi connectivity index (χ0n) is 17.4. The van der Waals surface area contributed by atoms with Gasteiger partial charge in [-0.05, 0) is 26.0 Å². The average Bonchev–Trinajstić information content (AvgIpc) is 3.44. The zero-order valence-corrected chi connectivity index (χ0v) is 18.2. The fourth-order valence-electron chi connectivity index (χ4n) is 3.64. The van der Waals surface area contributed by atoms with Crippen molar-refractivity contribution >= 4 is 23.0 Å². The number of nitrogens with zero attached hydrogens (tertiary/aromatic N) is 2. The van der Waals surface area contributed by atoms with Crippen LogP contribution in [0.25, 0.3) is 10.6 Å². The smallest absolute Gasteiger partial charge is 0.290 e. The molecule has 3 heterocycles. The number of amides is 1. The molecule has 31 heavy (non-hydrogen) atoms. The molecule has 0 spiro atoms. The highest BCUT2D eigenvalue weighted by Gasteiger charge is 2.45. The number of carbonyl (C=O) groups excluding carboxylic acids is 2. The maximum Gasteiger partial charge on any atom is 0.290 e. The van der Waals surface area contributed by atoms with E-state index in [0.29, 0.717) is 27.1 Å². The highest BCUT2D eigenvalue weighted by molar-refractivity contribution is 7.17. The third-order valence-corrected chi connectivity index (χ3v) is 6.34. The summed E-state index contributed by atoms with van der Waals surface area (Å²) < 4.78 is 10.9. The molecule has 7 nitrogen and oxygen atoms in total. The van der Waals surface area contributed by atoms with Gasteiger partial charge < -0.3 is 19.2 Å². The fourth-order valence-corrected chi connectivity index (χ4v) is 4.66. The molecule has 2 aromatic heterocycles. The molecule has 0 fully saturated rings. The Bertz CT molecular complexity index is 1160. The number of aromatic nitrogens is 1. The number of ketones is 1. The molecule has 8 heteroatoms. The van der Waals surface area contributed by atoms with E-state index in [2.05, 4.69) is 4.98 Å². The Labute approximate surface area is 183 Å². The van der Waals surface area contributed by atoms with E-state index in [1.54, 1.807) is 26.0 Å². The maximum absolute atomic E-state index is 13.6. The minimum Gasteiger partial charge on any atom is -0.503 e. The van der Waals surface area contributed by atoms with Crippen LogP contribution in [0.15, 0.2) is 58.2 Å². The Morgan fingerprint density at radius 1 is 1.23 bits per heavy atom. The van der Waals surface area contributed by atoms with Crippen molar-refractivity contribution < 1.29 is 23.8 Å². The van der Waals surface area contributed by atoms with Crippen molar-refractivity contribution in [2.24, 2.45) is 0 Å². The van der Waals surface area contributed by atoms with Gasteiger partial charge in [-0.1, -0.05) is 30.3 Å². The van der Waals surface area contributed by atoms with E-state index in [4.69, 9.17) is 9.15 Å². The van der Waals surface area contributed by atoms with E-state index < -0.39 is 23.5 Å². The van der Waals surface area contributed by atoms with Gasteiger partial charge in [0.25, 0.3) is 5.91 Å². The van der Waals surface area contributed by atoms with Crippen LogP contribution in [0.5, 0.6) is 0 Å². The van der Waals surface area contributed by atoms with Crippen LogP contribution in [0.3, 0.4) is 0 Å². The predicted octanol–water partition coefficient (Wildman–Crippen LogP) is 4.24. The molecule has 3 aromatic rings. The monoisotopic (exact) mass is 438 g/mol. The number of aryl methyl sites for hydroxylation is 2. The van der Waals surface area contributed by atoms with Crippen LogP contribution >= 0.6 is 11.3 Å². The molecule has 1 amide bonds. The fraction of sp³-hybridized carbons (Fsp3) is 0.261. The van der Waals surface area contributed by atoms with E-state index in [1.807, 2.05) is 30.3 Å². The highest BCUT2D eigenvalue weighted by atomic mass is 32.1. The number of rotatable bonds is 7. The van der Waals surface area contributed by atoms with Gasteiger partial charge >= 0.3 is 0 Å². The first-order valence-corrected chi connectivity index (χ1v) is 10.6. The minimum atomic E-state index is -0.828. The average molecular weight is 439 g/mol. The van der Waals surface area contributed by atoms with Gasteiger partial charge in [0.2, 0.25) is 5.78 Å². The first kappa shape index (κ1) is 21.0. The van der Waals surface area contributed by atoms with Crippen molar-refractivity contribution in [2.75, 3.05) is 20.3 Å². The van der Waals surface area contributed by atoms with Gasteiger partial charge in [0.1, 0.15) is 22.6 Å². The Hall–Kier alpha value is -3.23. The molecule has 0 aliphatic carbocycles. The largest absolute Gasteiger partial charge is 0.503 e. The summed E-state index contributed by atoms with van der Waals surface area (Å²) in [7, 11) is 1.53. The van der Waals surface area contributed by atoms with Crippen molar-refractivity contribution in [1.29, 1.82) is 0 Å². The molecule has 1 aliphatic heterocycles. The van der Waals surface area contributed by atoms with Crippen LogP contribution in [0.2, 0.25) is 0 Å². The Morgan fingerprint density at radius 3 is 2.61 bits per heavy atom. The molecule has 0 saturated carbocycles. The molecule has 160 valence electrons. The number of carbonyl (C=O) groups is 2. The Balaban J connectivity index is 1.76. The first-order chi connectivity index (χ1) is 14.9. The lowest BCUT2D eigenvalue weighted by Gasteiger charge is -2.24. The molecule has 0 bridgehead atoms. The number of methoxy groups -OCH3 is 1. The molecule has 1 aromatic carbocycles. The number of benzene rings is 1. The number of ether oxygens (including phenoxy) is 1. The summed E-state index contributed by atoms with van der Waals surface area (Å²) in [6.07, 6.45) is 0. The summed E-state index contributed by atoms with van der Waals surface area (Å²) in [6, 6.07) is 12.2. The van der Waals surface area contributed by atoms with Crippen molar-refractivity contribution in [3.05, 3.63) is 75.9 Å². The van der Waals surface area contributed by atoms with Crippen LogP contribution in [0, 0.1) is 13.8 Å². The number of hydrogen-bond donors (Lipinski definition) is 1. The molecule has 0 saturated heterocycles. The Morgan fingerprint density at radius 2 is 1.97 bits per heavy atom. The third-order valence-electron chi connectivity index (χ3n) is 5.14. The quantitative estimate of drug-likeness (QED) is 0.555. The summed E-state index contributed by atoms with van der Waals surface area (Å²) in [5.74, 6) is -0.548. The number of furan rings is 1. The minimum absolute atomic E-state index is 0.00168. The highest BCUT2D eigenvalue weighted by Crippen LogP contribution is 2.41. The SMILES string of the molecule is COCCN1C(=O)C(O)=C(C(=O)c2sc(-c3ccccc3)nc2C)C1c1ccc(C)o1. The van der Waals surface area contributed by atoms with Gasteiger partial charge in [-0.3, -0.25) is 9.59 Å². The van der Waals surface area contributed by atoms with E-state index in [0.717, 1.165) is 5.56 Å². The number of aliphatic hydroxyl groups excluding tert-OH is 1. The van der Waals surface area contributed by atoms with Crippen molar-refractivity contribution in [3.8, 4) is 10.6 Å². The predicted molar refractivity (Wildman–Crippen MR) is 116 cm³/mol. The maximum atomic E-state index is 13.6. The van der Waals surface area contributed by atoms with Crippen molar-refractivity contribution in [3.63, 3.8) is 0 Å². The van der Waals surface area contributed by atoms with Gasteiger partial charge in [-0.25, -0.2) is 4.98 Å². The molecule has 1 N–H and O–H groups in total. The Kier molecular flexibility index (Phi) is 5.75. The molecule has 4 rings (SSSR count). The van der Waals surface area contributed by atoms with Crippen LogP contribution in [0.1, 0.15) is 32.9 Å². The van der Waals surface area contributed by atoms with E-state index in [-0.39, 0.29) is 18.7 Å². The second-order valence-electron chi connectivity index (χ2n) is 7.23. The molecule has 1 atom stereocenters. The second kappa shape index (κ2) is 8.49. The summed E-state index contributed by atoms with van der Waals surface area (Å²) in [5, 5.41) is 11.4. The van der Waals surface area contributed by atoms with Gasteiger partial charge in [0.05, 0.1) is 22.8 Å². The van der Waals surface area contributed by atoms with Crippen molar-refractivity contribution in [2.45, 2.75) is 19.9 Å². The molecular weight excluding hydrogens is 416 g/mol. The standard InChI is InChI=1S/C23H22N2O5S/c1-13-9-10-16(30-13)18-17(20(27)23(28)25(18)11-12-29-3)19(26)21-14(2)24-22(31-21)15-7-5-4-6-8-15/h4-10,18,27H,11-12H2,1-3H3. The zero-order chi connectivity index (χ0) is 22.1. The second-order valence-corrected chi connectivity index (χ2v) is 8.23. The molecule has 0 radical (unpaired) electrons.